The Morgan fingerprint density at radius 1 is 1.00 bits per heavy atom. The number of fused-ring (bicyclic) bond motifs is 1. The highest BCUT2D eigenvalue weighted by Crippen LogP contribution is 2.43. The second-order valence-corrected chi connectivity index (χ2v) is 9.08. The molecular formula is C29H31N3O7. The molecule has 0 unspecified atom stereocenters. The summed E-state index contributed by atoms with van der Waals surface area (Å²) >= 11 is 0. The Hall–Kier alpha value is -4.47. The van der Waals surface area contributed by atoms with E-state index in [1.54, 1.807) is 48.9 Å². The summed E-state index contributed by atoms with van der Waals surface area (Å²) in [7, 11) is 0. The van der Waals surface area contributed by atoms with E-state index in [2.05, 4.69) is 4.98 Å². The second-order valence-electron chi connectivity index (χ2n) is 9.08. The van der Waals surface area contributed by atoms with Gasteiger partial charge in [-0.1, -0.05) is 6.07 Å². The van der Waals surface area contributed by atoms with Crippen molar-refractivity contribution in [2.24, 2.45) is 0 Å². The van der Waals surface area contributed by atoms with Gasteiger partial charge in [0.05, 0.1) is 31.2 Å². The van der Waals surface area contributed by atoms with Crippen LogP contribution in [0.4, 0.5) is 0 Å². The molecule has 2 aromatic carbocycles. The first-order chi connectivity index (χ1) is 19.0. The lowest BCUT2D eigenvalue weighted by Crippen LogP contribution is -2.31. The number of carbonyl (C=O) groups is 2. The molecule has 1 N–H and O–H groups in total. The van der Waals surface area contributed by atoms with E-state index >= 15 is 0 Å². The van der Waals surface area contributed by atoms with Crippen molar-refractivity contribution >= 4 is 17.4 Å². The number of likely N-dealkylation sites (tertiary alicyclic amines) is 1. The molecule has 0 bridgehead atoms. The number of nitrogens with zero attached hydrogens (tertiary/aromatic N) is 3. The van der Waals surface area contributed by atoms with Crippen molar-refractivity contribution < 1.29 is 33.6 Å². The van der Waals surface area contributed by atoms with E-state index in [9.17, 15) is 14.7 Å². The zero-order valence-electron chi connectivity index (χ0n) is 22.0. The van der Waals surface area contributed by atoms with Crippen molar-refractivity contribution in [3.05, 3.63) is 71.8 Å². The van der Waals surface area contributed by atoms with E-state index < -0.39 is 17.7 Å². The average molecular weight is 534 g/mol. The van der Waals surface area contributed by atoms with Crippen molar-refractivity contribution in [3.8, 4) is 23.0 Å². The number of aliphatic hydroxyl groups is 1. The van der Waals surface area contributed by atoms with Crippen molar-refractivity contribution in [3.63, 3.8) is 0 Å². The molecule has 10 heteroatoms. The van der Waals surface area contributed by atoms with Crippen molar-refractivity contribution in [1.29, 1.82) is 0 Å². The van der Waals surface area contributed by atoms with Crippen molar-refractivity contribution in [2.75, 3.05) is 33.0 Å². The van der Waals surface area contributed by atoms with Crippen LogP contribution in [-0.2, 0) is 16.1 Å². The third-order valence-electron chi connectivity index (χ3n) is 6.61. The number of amides is 1. The average Bonchev–Trinajstić information content (AvgIpc) is 3.56. The predicted octanol–water partition coefficient (Wildman–Crippen LogP) is 3.96. The summed E-state index contributed by atoms with van der Waals surface area (Å²) in [5.74, 6) is 0.392. The zero-order chi connectivity index (χ0) is 27.4. The minimum Gasteiger partial charge on any atom is -0.507 e. The number of aromatic nitrogens is 2. The minimum absolute atomic E-state index is 0.00548. The van der Waals surface area contributed by atoms with Gasteiger partial charge in [-0.25, -0.2) is 4.98 Å². The second kappa shape index (κ2) is 11.5. The number of hydrogen-bond acceptors (Lipinski definition) is 8. The summed E-state index contributed by atoms with van der Waals surface area (Å²) in [5.41, 5.74) is 0.991. The molecule has 1 aromatic heterocycles. The summed E-state index contributed by atoms with van der Waals surface area (Å²) < 4.78 is 24.7. The van der Waals surface area contributed by atoms with Crippen molar-refractivity contribution in [2.45, 2.75) is 32.9 Å². The maximum absolute atomic E-state index is 13.4. The van der Waals surface area contributed by atoms with Gasteiger partial charge in [-0.2, -0.15) is 0 Å². The van der Waals surface area contributed by atoms with Crippen LogP contribution in [0.3, 0.4) is 0 Å². The highest BCUT2D eigenvalue weighted by Gasteiger charge is 2.46. The van der Waals surface area contributed by atoms with Gasteiger partial charge in [0.15, 0.2) is 23.0 Å². The smallest absolute Gasteiger partial charge is 0.295 e. The third-order valence-corrected chi connectivity index (χ3v) is 6.61. The number of benzene rings is 2. The largest absolute Gasteiger partial charge is 0.507 e. The molecule has 0 radical (unpaired) electrons. The summed E-state index contributed by atoms with van der Waals surface area (Å²) in [5, 5.41) is 11.5. The first-order valence-electron chi connectivity index (χ1n) is 13.1. The van der Waals surface area contributed by atoms with Crippen LogP contribution in [0.15, 0.2) is 60.7 Å². The van der Waals surface area contributed by atoms with Gasteiger partial charge < -0.3 is 33.5 Å². The molecule has 3 aromatic rings. The summed E-state index contributed by atoms with van der Waals surface area (Å²) in [6.45, 7) is 6.34. The molecule has 1 fully saturated rings. The lowest BCUT2D eigenvalue weighted by Gasteiger charge is -2.26. The monoisotopic (exact) mass is 533 g/mol. The van der Waals surface area contributed by atoms with E-state index in [1.165, 1.54) is 4.90 Å². The molecule has 2 aliphatic heterocycles. The number of hydrogen-bond donors (Lipinski definition) is 1. The quantitative estimate of drug-likeness (QED) is 0.237. The van der Waals surface area contributed by atoms with Gasteiger partial charge in [0, 0.05) is 31.0 Å². The van der Waals surface area contributed by atoms with Crippen LogP contribution in [-0.4, -0.2) is 64.2 Å². The maximum Gasteiger partial charge on any atom is 0.295 e. The van der Waals surface area contributed by atoms with Crippen LogP contribution >= 0.6 is 0 Å². The Bertz CT molecular complexity index is 1380. The summed E-state index contributed by atoms with van der Waals surface area (Å²) in [6, 6.07) is 9.46. The van der Waals surface area contributed by atoms with Crippen LogP contribution in [0.25, 0.3) is 5.76 Å². The van der Waals surface area contributed by atoms with Gasteiger partial charge in [0.2, 0.25) is 0 Å². The Kier molecular flexibility index (Phi) is 7.72. The molecule has 0 saturated carbocycles. The Morgan fingerprint density at radius 3 is 2.51 bits per heavy atom. The molecule has 204 valence electrons. The molecule has 10 nitrogen and oxygen atoms in total. The first-order valence-corrected chi connectivity index (χ1v) is 13.1. The molecule has 3 heterocycles. The fourth-order valence-corrected chi connectivity index (χ4v) is 4.88. The Labute approximate surface area is 226 Å². The highest BCUT2D eigenvalue weighted by atomic mass is 16.6. The lowest BCUT2D eigenvalue weighted by atomic mass is 9.94. The highest BCUT2D eigenvalue weighted by molar-refractivity contribution is 6.46. The van der Waals surface area contributed by atoms with Crippen LogP contribution < -0.4 is 18.9 Å². The third kappa shape index (κ3) is 5.27. The number of ketones is 1. The predicted molar refractivity (Wildman–Crippen MR) is 142 cm³/mol. The number of aryl methyl sites for hydroxylation is 1. The van der Waals surface area contributed by atoms with Crippen molar-refractivity contribution in [1.82, 2.24) is 14.5 Å². The fraction of sp³-hybridized carbons (Fsp3) is 0.345. The topological polar surface area (TPSA) is 112 Å². The van der Waals surface area contributed by atoms with Gasteiger partial charge in [-0.05, 0) is 56.2 Å². The molecular weight excluding hydrogens is 502 g/mol. The van der Waals surface area contributed by atoms with Crippen LogP contribution in [0, 0.1) is 0 Å². The number of imidazole rings is 1. The normalized spacial score (nSPS) is 17.9. The molecule has 0 spiro atoms. The SMILES string of the molecule is CCOc1ccc([C@H]2C(=C(O)c3ccc4c(c3)OCCO4)C(=O)C(=O)N2CCCn2ccnc2)cc1OCC. The molecule has 2 aliphatic rings. The van der Waals surface area contributed by atoms with Gasteiger partial charge in [0.25, 0.3) is 11.7 Å². The van der Waals surface area contributed by atoms with Gasteiger partial charge >= 0.3 is 0 Å². The minimum atomic E-state index is -0.823. The van der Waals surface area contributed by atoms with Crippen LogP contribution in [0.1, 0.15) is 37.4 Å². The number of carbonyl (C=O) groups excluding carboxylic acids is 2. The molecule has 1 saturated heterocycles. The number of aliphatic hydroxyl groups excluding tert-OH is 1. The fourth-order valence-electron chi connectivity index (χ4n) is 4.88. The number of Topliss-reactive ketones (excluding diaryl/α,β-unsaturated/α-hetero) is 1. The lowest BCUT2D eigenvalue weighted by molar-refractivity contribution is -0.139. The molecule has 0 aliphatic carbocycles. The van der Waals surface area contributed by atoms with Gasteiger partial charge in [0.1, 0.15) is 19.0 Å². The number of rotatable bonds is 10. The molecule has 1 atom stereocenters. The van der Waals surface area contributed by atoms with E-state index in [1.807, 2.05) is 24.6 Å². The standard InChI is InChI=1S/C29H31N3O7/c1-3-36-21-8-6-19(16-23(21)37-4-2)26-25(27(33)20-7-9-22-24(17-20)39-15-14-38-22)28(34)29(35)32(26)12-5-11-31-13-10-30-18-31/h6-10,13,16-18,26,33H,3-5,11-12,14-15H2,1-2H3/t26-/m0/s1. The maximum atomic E-state index is 13.4. The summed E-state index contributed by atoms with van der Waals surface area (Å²) in [6.07, 6.45) is 5.82. The van der Waals surface area contributed by atoms with E-state index in [-0.39, 0.29) is 11.3 Å². The van der Waals surface area contributed by atoms with Crippen LogP contribution in [0.5, 0.6) is 23.0 Å². The van der Waals surface area contributed by atoms with Gasteiger partial charge in [-0.15, -0.1) is 0 Å². The van der Waals surface area contributed by atoms with E-state index in [0.717, 1.165) is 0 Å². The van der Waals surface area contributed by atoms with Gasteiger partial charge in [-0.3, -0.25) is 9.59 Å². The van der Waals surface area contributed by atoms with Crippen LogP contribution in [0.2, 0.25) is 0 Å². The molecule has 39 heavy (non-hydrogen) atoms. The zero-order valence-corrected chi connectivity index (χ0v) is 22.0. The van der Waals surface area contributed by atoms with E-state index in [4.69, 9.17) is 18.9 Å². The first kappa shape index (κ1) is 26.1. The molecule has 1 amide bonds. The summed E-state index contributed by atoms with van der Waals surface area (Å²) in [4.78, 5) is 32.4. The molecule has 5 rings (SSSR count). The Morgan fingerprint density at radius 2 is 1.77 bits per heavy atom. The van der Waals surface area contributed by atoms with E-state index in [0.29, 0.717) is 80.1 Å². The number of ether oxygens (including phenoxy) is 4. The Balaban J connectivity index is 1.57.